The molecule has 0 aliphatic carbocycles. The standard InChI is InChI=1S/C63H41N3/c1-3-15-43(16-4-1)54-29-14-21-46-33-36-48(41-60(46)54)42-31-34-47(35-32-42)61-64-62(51-24-11-22-49(39-51)55-30-13-20-45-19-7-8-26-53(45)55)66-63(65-61)52-25-12-23-50(40-52)57-38-37-56(44-17-5-2-6-18-44)58-27-9-10-28-59(57)58/h1-41H. The molecule has 66 heavy (non-hydrogen) atoms. The van der Waals surface area contributed by atoms with Gasteiger partial charge in [-0.05, 0) is 106 Å². The van der Waals surface area contributed by atoms with E-state index in [1.807, 2.05) is 0 Å². The molecule has 12 aromatic rings. The molecular weight excluding hydrogens is 799 g/mol. The van der Waals surface area contributed by atoms with Gasteiger partial charge in [0.25, 0.3) is 0 Å². The molecule has 0 spiro atoms. The Morgan fingerprint density at radius 3 is 1.15 bits per heavy atom. The molecule has 0 bridgehead atoms. The molecule has 0 radical (unpaired) electrons. The van der Waals surface area contributed by atoms with E-state index in [4.69, 9.17) is 15.0 Å². The summed E-state index contributed by atoms with van der Waals surface area (Å²) in [6.45, 7) is 0. The van der Waals surface area contributed by atoms with Crippen LogP contribution in [0.3, 0.4) is 0 Å². The van der Waals surface area contributed by atoms with Gasteiger partial charge in [0.15, 0.2) is 17.5 Å². The molecule has 0 aliphatic heterocycles. The van der Waals surface area contributed by atoms with Crippen LogP contribution in [0, 0.1) is 0 Å². The monoisotopic (exact) mass is 839 g/mol. The average Bonchev–Trinajstić information content (AvgIpc) is 3.40. The van der Waals surface area contributed by atoms with E-state index in [9.17, 15) is 0 Å². The number of fused-ring (bicyclic) bond motifs is 3. The number of nitrogens with zero attached hydrogens (tertiary/aromatic N) is 3. The predicted molar refractivity (Wildman–Crippen MR) is 276 cm³/mol. The van der Waals surface area contributed by atoms with Crippen LogP contribution in [0.15, 0.2) is 249 Å². The van der Waals surface area contributed by atoms with Gasteiger partial charge in [-0.1, -0.05) is 231 Å². The van der Waals surface area contributed by atoms with Gasteiger partial charge in [-0.3, -0.25) is 0 Å². The predicted octanol–water partition coefficient (Wildman–Crippen LogP) is 16.7. The first kappa shape index (κ1) is 38.9. The molecule has 3 heteroatoms. The van der Waals surface area contributed by atoms with Crippen molar-refractivity contribution < 1.29 is 0 Å². The van der Waals surface area contributed by atoms with Crippen LogP contribution in [0.2, 0.25) is 0 Å². The van der Waals surface area contributed by atoms with Crippen molar-refractivity contribution in [1.82, 2.24) is 15.0 Å². The Labute approximate surface area is 384 Å². The van der Waals surface area contributed by atoms with Crippen molar-refractivity contribution in [2.75, 3.05) is 0 Å². The highest BCUT2D eigenvalue weighted by Crippen LogP contribution is 2.38. The Morgan fingerprint density at radius 2 is 0.561 bits per heavy atom. The van der Waals surface area contributed by atoms with Crippen LogP contribution in [-0.4, -0.2) is 15.0 Å². The molecule has 12 rings (SSSR count). The summed E-state index contributed by atoms with van der Waals surface area (Å²) < 4.78 is 0. The highest BCUT2D eigenvalue weighted by Gasteiger charge is 2.16. The normalized spacial score (nSPS) is 11.3. The second-order valence-electron chi connectivity index (χ2n) is 16.8. The van der Waals surface area contributed by atoms with Gasteiger partial charge >= 0.3 is 0 Å². The minimum atomic E-state index is 0.615. The lowest BCUT2D eigenvalue weighted by atomic mass is 9.91. The zero-order valence-electron chi connectivity index (χ0n) is 36.0. The summed E-state index contributed by atoms with van der Waals surface area (Å²) in [4.78, 5) is 15.7. The molecule has 0 amide bonds. The average molecular weight is 840 g/mol. The Morgan fingerprint density at radius 1 is 0.182 bits per heavy atom. The van der Waals surface area contributed by atoms with E-state index in [1.165, 1.54) is 60.1 Å². The van der Waals surface area contributed by atoms with Crippen molar-refractivity contribution in [2.45, 2.75) is 0 Å². The highest BCUT2D eigenvalue weighted by atomic mass is 15.0. The molecule has 0 fully saturated rings. The van der Waals surface area contributed by atoms with Crippen molar-refractivity contribution >= 4 is 32.3 Å². The fourth-order valence-electron chi connectivity index (χ4n) is 9.45. The fraction of sp³-hybridized carbons (Fsp3) is 0. The molecule has 0 aliphatic rings. The molecule has 1 aromatic heterocycles. The van der Waals surface area contributed by atoms with E-state index in [-0.39, 0.29) is 0 Å². The lowest BCUT2D eigenvalue weighted by molar-refractivity contribution is 1.07. The molecule has 3 nitrogen and oxygen atoms in total. The van der Waals surface area contributed by atoms with Gasteiger partial charge in [0.1, 0.15) is 0 Å². The quantitative estimate of drug-likeness (QED) is 0.153. The van der Waals surface area contributed by atoms with Gasteiger partial charge in [0.2, 0.25) is 0 Å². The number of aromatic nitrogens is 3. The van der Waals surface area contributed by atoms with E-state index < -0.39 is 0 Å². The zero-order chi connectivity index (χ0) is 43.8. The summed E-state index contributed by atoms with van der Waals surface area (Å²) in [5.74, 6) is 1.85. The lowest BCUT2D eigenvalue weighted by Gasteiger charge is -2.14. The number of hydrogen-bond acceptors (Lipinski definition) is 3. The Hall–Kier alpha value is -8.79. The molecular formula is C63H41N3. The van der Waals surface area contributed by atoms with E-state index in [0.717, 1.165) is 44.5 Å². The molecule has 0 saturated heterocycles. The van der Waals surface area contributed by atoms with Crippen LogP contribution in [0.25, 0.3) is 122 Å². The van der Waals surface area contributed by atoms with Crippen LogP contribution in [0.1, 0.15) is 0 Å². The van der Waals surface area contributed by atoms with Crippen molar-refractivity contribution in [3.05, 3.63) is 249 Å². The molecule has 0 N–H and O–H groups in total. The maximum absolute atomic E-state index is 5.25. The molecule has 308 valence electrons. The Bertz CT molecular complexity index is 3740. The maximum Gasteiger partial charge on any atom is 0.164 e. The number of benzene rings is 11. The summed E-state index contributed by atoms with van der Waals surface area (Å²) in [7, 11) is 0. The summed E-state index contributed by atoms with van der Waals surface area (Å²) in [6.07, 6.45) is 0. The van der Waals surface area contributed by atoms with Crippen molar-refractivity contribution in [2.24, 2.45) is 0 Å². The highest BCUT2D eigenvalue weighted by molar-refractivity contribution is 6.05. The summed E-state index contributed by atoms with van der Waals surface area (Å²) >= 11 is 0. The molecule has 0 unspecified atom stereocenters. The first-order chi connectivity index (χ1) is 32.7. The van der Waals surface area contributed by atoms with Crippen molar-refractivity contribution in [3.8, 4) is 89.8 Å². The van der Waals surface area contributed by atoms with Gasteiger partial charge < -0.3 is 0 Å². The molecule has 0 atom stereocenters. The van der Waals surface area contributed by atoms with Gasteiger partial charge in [-0.2, -0.15) is 0 Å². The van der Waals surface area contributed by atoms with E-state index >= 15 is 0 Å². The van der Waals surface area contributed by atoms with E-state index in [0.29, 0.717) is 17.5 Å². The Balaban J connectivity index is 0.970. The molecule has 11 aromatic carbocycles. The largest absolute Gasteiger partial charge is 0.208 e. The fourth-order valence-corrected chi connectivity index (χ4v) is 9.45. The Kier molecular flexibility index (Phi) is 9.85. The minimum absolute atomic E-state index is 0.615. The minimum Gasteiger partial charge on any atom is -0.208 e. The molecule has 1 heterocycles. The van der Waals surface area contributed by atoms with E-state index in [2.05, 4.69) is 249 Å². The van der Waals surface area contributed by atoms with Crippen LogP contribution in [-0.2, 0) is 0 Å². The van der Waals surface area contributed by atoms with Crippen molar-refractivity contribution in [3.63, 3.8) is 0 Å². The van der Waals surface area contributed by atoms with E-state index in [1.54, 1.807) is 0 Å². The van der Waals surface area contributed by atoms with Gasteiger partial charge in [-0.25, -0.2) is 15.0 Å². The van der Waals surface area contributed by atoms with Gasteiger partial charge in [0.05, 0.1) is 0 Å². The van der Waals surface area contributed by atoms with Gasteiger partial charge in [-0.15, -0.1) is 0 Å². The maximum atomic E-state index is 5.25. The summed E-state index contributed by atoms with van der Waals surface area (Å²) in [5.41, 5.74) is 14.4. The third-order valence-corrected chi connectivity index (χ3v) is 12.7. The first-order valence-corrected chi connectivity index (χ1v) is 22.4. The van der Waals surface area contributed by atoms with Gasteiger partial charge in [0, 0.05) is 16.7 Å². The topological polar surface area (TPSA) is 38.7 Å². The summed E-state index contributed by atoms with van der Waals surface area (Å²) in [5, 5.41) is 7.26. The smallest absolute Gasteiger partial charge is 0.164 e. The zero-order valence-corrected chi connectivity index (χ0v) is 36.0. The second-order valence-corrected chi connectivity index (χ2v) is 16.8. The summed E-state index contributed by atoms with van der Waals surface area (Å²) in [6, 6.07) is 88.4. The van der Waals surface area contributed by atoms with Crippen LogP contribution >= 0.6 is 0 Å². The lowest BCUT2D eigenvalue weighted by Crippen LogP contribution is -2.00. The van der Waals surface area contributed by atoms with Crippen molar-refractivity contribution in [1.29, 1.82) is 0 Å². The third-order valence-electron chi connectivity index (χ3n) is 12.7. The van der Waals surface area contributed by atoms with Crippen LogP contribution in [0.5, 0.6) is 0 Å². The second kappa shape index (κ2) is 16.7. The number of hydrogen-bond donors (Lipinski definition) is 0. The van der Waals surface area contributed by atoms with Crippen LogP contribution in [0.4, 0.5) is 0 Å². The number of rotatable bonds is 8. The molecule has 0 saturated carbocycles. The third kappa shape index (κ3) is 7.29. The first-order valence-electron chi connectivity index (χ1n) is 22.4. The van der Waals surface area contributed by atoms with Crippen LogP contribution < -0.4 is 0 Å². The SMILES string of the molecule is c1ccc(-c2cccc3ccc(-c4ccc(-c5nc(-c6cccc(-c7cccc8ccccc78)c6)nc(-c6cccc(-c7ccc(-c8ccccc8)c8ccccc78)c6)n5)cc4)cc23)cc1.